The molecular weight excluding hydrogens is 248 g/mol. The van der Waals surface area contributed by atoms with E-state index in [1.807, 2.05) is 31.6 Å². The predicted molar refractivity (Wildman–Crippen MR) is 78.5 cm³/mol. The van der Waals surface area contributed by atoms with E-state index in [-0.39, 0.29) is 6.04 Å². The van der Waals surface area contributed by atoms with Crippen molar-refractivity contribution in [1.29, 1.82) is 0 Å². The van der Waals surface area contributed by atoms with Gasteiger partial charge < -0.3 is 5.32 Å². The molecule has 0 bridgehead atoms. The average molecular weight is 268 g/mol. The van der Waals surface area contributed by atoms with Gasteiger partial charge in [-0.15, -0.1) is 0 Å². The summed E-state index contributed by atoms with van der Waals surface area (Å²) in [7, 11) is 0. The van der Waals surface area contributed by atoms with Gasteiger partial charge in [0.1, 0.15) is 5.82 Å². The van der Waals surface area contributed by atoms with Gasteiger partial charge in [0.15, 0.2) is 0 Å². The lowest BCUT2D eigenvalue weighted by molar-refractivity contribution is 0.427. The Bertz CT molecular complexity index is 579. The Morgan fingerprint density at radius 1 is 1.30 bits per heavy atom. The molecule has 0 fully saturated rings. The van der Waals surface area contributed by atoms with Gasteiger partial charge >= 0.3 is 0 Å². The van der Waals surface area contributed by atoms with Gasteiger partial charge in [-0.3, -0.25) is 4.98 Å². The molecule has 1 N–H and O–H groups in total. The normalized spacial score (nSPS) is 18.8. The second kappa shape index (κ2) is 5.67. The van der Waals surface area contributed by atoms with Gasteiger partial charge in [0.05, 0.1) is 6.04 Å². The van der Waals surface area contributed by atoms with E-state index in [0.717, 1.165) is 30.8 Å². The maximum Gasteiger partial charge on any atom is 0.145 e. The maximum absolute atomic E-state index is 4.59. The topological polar surface area (TPSA) is 50.7 Å². The van der Waals surface area contributed by atoms with Crippen LogP contribution in [0.5, 0.6) is 0 Å². The average Bonchev–Trinajstić information content (AvgIpc) is 2.90. The summed E-state index contributed by atoms with van der Waals surface area (Å²) in [5, 5.41) is 3.54. The predicted octanol–water partition coefficient (Wildman–Crippen LogP) is 2.56. The Balaban J connectivity index is 1.94. The SMILES string of the molecule is CCNC(c1ncc(C)cn1)C1CCc2cccnc21. The first kappa shape index (κ1) is 13.2. The maximum atomic E-state index is 4.59. The number of fused-ring (bicyclic) bond motifs is 1. The molecule has 1 aliphatic rings. The highest BCUT2D eigenvalue weighted by Crippen LogP contribution is 2.39. The van der Waals surface area contributed by atoms with E-state index in [2.05, 4.69) is 33.3 Å². The molecule has 0 radical (unpaired) electrons. The van der Waals surface area contributed by atoms with Crippen LogP contribution in [-0.2, 0) is 6.42 Å². The van der Waals surface area contributed by atoms with Crippen molar-refractivity contribution in [3.05, 3.63) is 53.4 Å². The highest BCUT2D eigenvalue weighted by molar-refractivity contribution is 5.31. The number of aryl methyl sites for hydroxylation is 2. The molecule has 2 aromatic heterocycles. The second-order valence-corrected chi connectivity index (χ2v) is 5.35. The third-order valence-electron chi connectivity index (χ3n) is 3.91. The van der Waals surface area contributed by atoms with Crippen molar-refractivity contribution in [2.45, 2.75) is 38.6 Å². The number of rotatable bonds is 4. The molecule has 0 spiro atoms. The molecule has 20 heavy (non-hydrogen) atoms. The fourth-order valence-electron chi connectivity index (χ4n) is 2.96. The van der Waals surface area contributed by atoms with Gasteiger partial charge in [0.2, 0.25) is 0 Å². The molecule has 0 aromatic carbocycles. The van der Waals surface area contributed by atoms with Gasteiger partial charge in [-0.1, -0.05) is 13.0 Å². The fourth-order valence-corrected chi connectivity index (χ4v) is 2.96. The van der Waals surface area contributed by atoms with E-state index in [9.17, 15) is 0 Å². The summed E-state index contributed by atoms with van der Waals surface area (Å²) in [6.45, 7) is 5.04. The Morgan fingerprint density at radius 2 is 2.10 bits per heavy atom. The van der Waals surface area contributed by atoms with Crippen molar-refractivity contribution in [2.75, 3.05) is 6.54 Å². The van der Waals surface area contributed by atoms with E-state index in [0.29, 0.717) is 5.92 Å². The number of hydrogen-bond donors (Lipinski definition) is 1. The number of nitrogens with one attached hydrogen (secondary N) is 1. The molecule has 104 valence electrons. The Morgan fingerprint density at radius 3 is 2.85 bits per heavy atom. The molecule has 2 aromatic rings. The Hall–Kier alpha value is -1.81. The summed E-state index contributed by atoms with van der Waals surface area (Å²) < 4.78 is 0. The molecule has 1 aliphatic carbocycles. The number of pyridine rings is 1. The zero-order chi connectivity index (χ0) is 13.9. The number of likely N-dealkylation sites (N-methyl/N-ethyl adjacent to an activating group) is 1. The summed E-state index contributed by atoms with van der Waals surface area (Å²) >= 11 is 0. The first-order valence-electron chi connectivity index (χ1n) is 7.25. The van der Waals surface area contributed by atoms with Crippen molar-refractivity contribution in [1.82, 2.24) is 20.3 Å². The Labute approximate surface area is 119 Å². The summed E-state index contributed by atoms with van der Waals surface area (Å²) in [6.07, 6.45) is 7.88. The summed E-state index contributed by atoms with van der Waals surface area (Å²) in [5.41, 5.74) is 3.67. The standard InChI is InChI=1S/C16H20N4/c1-3-17-15(16-19-9-11(2)10-20-16)13-7-6-12-5-4-8-18-14(12)13/h4-5,8-10,13,15,17H,3,6-7H2,1-2H3. The highest BCUT2D eigenvalue weighted by atomic mass is 15.0. The third kappa shape index (κ3) is 2.43. The zero-order valence-electron chi connectivity index (χ0n) is 12.0. The first-order chi connectivity index (χ1) is 9.79. The van der Waals surface area contributed by atoms with E-state index in [1.165, 1.54) is 11.3 Å². The van der Waals surface area contributed by atoms with Crippen LogP contribution >= 0.6 is 0 Å². The molecular formula is C16H20N4. The van der Waals surface area contributed by atoms with Crippen molar-refractivity contribution < 1.29 is 0 Å². The molecule has 4 nitrogen and oxygen atoms in total. The minimum absolute atomic E-state index is 0.150. The summed E-state index contributed by atoms with van der Waals surface area (Å²) in [6, 6.07) is 4.35. The number of hydrogen-bond acceptors (Lipinski definition) is 4. The largest absolute Gasteiger partial charge is 0.307 e. The molecule has 4 heteroatoms. The third-order valence-corrected chi connectivity index (χ3v) is 3.91. The van der Waals surface area contributed by atoms with E-state index >= 15 is 0 Å². The Kier molecular flexibility index (Phi) is 3.74. The lowest BCUT2D eigenvalue weighted by atomic mass is 9.96. The van der Waals surface area contributed by atoms with E-state index < -0.39 is 0 Å². The summed E-state index contributed by atoms with van der Waals surface area (Å²) in [5.74, 6) is 1.25. The fraction of sp³-hybridized carbons (Fsp3) is 0.438. The van der Waals surface area contributed by atoms with Gasteiger partial charge in [-0.05, 0) is 43.5 Å². The van der Waals surface area contributed by atoms with Gasteiger partial charge in [-0.2, -0.15) is 0 Å². The first-order valence-corrected chi connectivity index (χ1v) is 7.25. The van der Waals surface area contributed by atoms with Crippen LogP contribution in [0.15, 0.2) is 30.7 Å². The van der Waals surface area contributed by atoms with Crippen LogP contribution in [0.3, 0.4) is 0 Å². The molecule has 0 amide bonds. The molecule has 2 unspecified atom stereocenters. The van der Waals surface area contributed by atoms with Crippen LogP contribution in [0.25, 0.3) is 0 Å². The zero-order valence-corrected chi connectivity index (χ0v) is 12.0. The minimum atomic E-state index is 0.150. The smallest absolute Gasteiger partial charge is 0.145 e. The van der Waals surface area contributed by atoms with Crippen LogP contribution < -0.4 is 5.32 Å². The van der Waals surface area contributed by atoms with Crippen molar-refractivity contribution >= 4 is 0 Å². The number of aromatic nitrogens is 3. The molecule has 0 aliphatic heterocycles. The number of nitrogens with zero attached hydrogens (tertiary/aromatic N) is 3. The summed E-state index contributed by atoms with van der Waals surface area (Å²) in [4.78, 5) is 13.6. The molecule has 3 rings (SSSR count). The second-order valence-electron chi connectivity index (χ2n) is 5.35. The monoisotopic (exact) mass is 268 g/mol. The van der Waals surface area contributed by atoms with Crippen LogP contribution in [0.1, 0.15) is 47.9 Å². The van der Waals surface area contributed by atoms with Gasteiger partial charge in [-0.25, -0.2) is 9.97 Å². The van der Waals surface area contributed by atoms with Crippen LogP contribution in [0, 0.1) is 6.92 Å². The quantitative estimate of drug-likeness (QED) is 0.926. The van der Waals surface area contributed by atoms with Crippen molar-refractivity contribution in [3.63, 3.8) is 0 Å². The lowest BCUT2D eigenvalue weighted by Gasteiger charge is -2.23. The van der Waals surface area contributed by atoms with Gasteiger partial charge in [0, 0.05) is 30.2 Å². The molecule has 2 atom stereocenters. The van der Waals surface area contributed by atoms with Crippen LogP contribution in [0.2, 0.25) is 0 Å². The minimum Gasteiger partial charge on any atom is -0.307 e. The molecule has 0 saturated heterocycles. The van der Waals surface area contributed by atoms with Crippen molar-refractivity contribution in [2.24, 2.45) is 0 Å². The van der Waals surface area contributed by atoms with E-state index in [1.54, 1.807) is 0 Å². The van der Waals surface area contributed by atoms with E-state index in [4.69, 9.17) is 0 Å². The lowest BCUT2D eigenvalue weighted by Crippen LogP contribution is -2.28. The van der Waals surface area contributed by atoms with Crippen molar-refractivity contribution in [3.8, 4) is 0 Å². The van der Waals surface area contributed by atoms with Crippen LogP contribution in [-0.4, -0.2) is 21.5 Å². The molecule has 0 saturated carbocycles. The molecule has 2 heterocycles. The van der Waals surface area contributed by atoms with Gasteiger partial charge in [0.25, 0.3) is 0 Å². The highest BCUT2D eigenvalue weighted by Gasteiger charge is 2.32. The van der Waals surface area contributed by atoms with Crippen LogP contribution in [0.4, 0.5) is 0 Å².